The van der Waals surface area contributed by atoms with Crippen LogP contribution in [0.4, 0.5) is 5.69 Å². The van der Waals surface area contributed by atoms with Gasteiger partial charge in [-0.15, -0.1) is 0 Å². The third-order valence-electron chi connectivity index (χ3n) is 5.59. The van der Waals surface area contributed by atoms with E-state index in [1.165, 1.54) is 38.4 Å². The van der Waals surface area contributed by atoms with Crippen molar-refractivity contribution in [2.24, 2.45) is 0 Å². The lowest BCUT2D eigenvalue weighted by Gasteiger charge is -2.20. The Morgan fingerprint density at radius 1 is 0.914 bits per heavy atom. The number of sulfonamides is 1. The number of carbonyl (C=O) groups excluding carboxylic acids is 3. The Balaban J connectivity index is 1.42. The summed E-state index contributed by atoms with van der Waals surface area (Å²) in [5.41, 5.74) is 1.06. The van der Waals surface area contributed by atoms with E-state index in [1.54, 1.807) is 48.5 Å². The highest BCUT2D eigenvalue weighted by Crippen LogP contribution is 2.25. The van der Waals surface area contributed by atoms with E-state index >= 15 is 0 Å². The highest BCUT2D eigenvalue weighted by molar-refractivity contribution is 7.92. The molecule has 9 nitrogen and oxygen atoms in total. The lowest BCUT2D eigenvalue weighted by atomic mass is 10.1. The first kappa shape index (κ1) is 24.0. The zero-order valence-corrected chi connectivity index (χ0v) is 19.8. The first-order chi connectivity index (χ1) is 16.7. The van der Waals surface area contributed by atoms with Crippen molar-refractivity contribution in [1.82, 2.24) is 4.90 Å². The SMILES string of the molecule is COc1ccc(N(C)S(=O)(=O)c2cccc(C(=O)OCCN3C(=O)c4ccccc4C3=O)c2)cc1. The van der Waals surface area contributed by atoms with Crippen LogP contribution in [0, 0.1) is 0 Å². The fraction of sp³-hybridized carbons (Fsp3) is 0.160. The van der Waals surface area contributed by atoms with Crippen molar-refractivity contribution >= 4 is 33.5 Å². The summed E-state index contributed by atoms with van der Waals surface area (Å²) in [5.74, 6) is -1.08. The molecular formula is C25H22N2O7S. The van der Waals surface area contributed by atoms with E-state index in [9.17, 15) is 22.8 Å². The second-order valence-electron chi connectivity index (χ2n) is 7.64. The van der Waals surface area contributed by atoms with Crippen molar-refractivity contribution in [3.8, 4) is 5.75 Å². The smallest absolute Gasteiger partial charge is 0.338 e. The van der Waals surface area contributed by atoms with Crippen molar-refractivity contribution in [1.29, 1.82) is 0 Å². The average Bonchev–Trinajstić information content (AvgIpc) is 3.13. The van der Waals surface area contributed by atoms with Crippen LogP contribution in [0.15, 0.2) is 77.7 Å². The van der Waals surface area contributed by atoms with E-state index in [-0.39, 0.29) is 23.6 Å². The number of fused-ring (bicyclic) bond motifs is 1. The highest BCUT2D eigenvalue weighted by Gasteiger charge is 2.35. The molecule has 0 saturated carbocycles. The van der Waals surface area contributed by atoms with Crippen molar-refractivity contribution in [3.63, 3.8) is 0 Å². The monoisotopic (exact) mass is 494 g/mol. The quantitative estimate of drug-likeness (QED) is 0.350. The number of esters is 1. The lowest BCUT2D eigenvalue weighted by Crippen LogP contribution is -2.33. The summed E-state index contributed by atoms with van der Waals surface area (Å²) in [4.78, 5) is 38.3. The van der Waals surface area contributed by atoms with Crippen LogP contribution in [0.2, 0.25) is 0 Å². The molecule has 0 radical (unpaired) electrons. The number of methoxy groups -OCH3 is 1. The Labute approximate surface area is 202 Å². The molecule has 3 aromatic carbocycles. The Morgan fingerprint density at radius 2 is 1.54 bits per heavy atom. The molecule has 1 heterocycles. The van der Waals surface area contributed by atoms with Gasteiger partial charge in [0.25, 0.3) is 21.8 Å². The van der Waals surface area contributed by atoms with Gasteiger partial charge in [0, 0.05) is 7.05 Å². The molecule has 1 aliphatic heterocycles. The second-order valence-corrected chi connectivity index (χ2v) is 9.61. The van der Waals surface area contributed by atoms with E-state index in [2.05, 4.69) is 0 Å². The van der Waals surface area contributed by atoms with Gasteiger partial charge in [-0.25, -0.2) is 13.2 Å². The third-order valence-corrected chi connectivity index (χ3v) is 7.37. The predicted octanol–water partition coefficient (Wildman–Crippen LogP) is 2.97. The Hall–Kier alpha value is -4.18. The number of amides is 2. The summed E-state index contributed by atoms with van der Waals surface area (Å²) in [6.45, 7) is -0.344. The minimum atomic E-state index is -3.96. The predicted molar refractivity (Wildman–Crippen MR) is 127 cm³/mol. The molecule has 0 unspecified atom stereocenters. The van der Waals surface area contributed by atoms with E-state index in [0.717, 1.165) is 9.21 Å². The first-order valence-corrected chi connectivity index (χ1v) is 12.0. The van der Waals surface area contributed by atoms with Gasteiger partial charge in [-0.1, -0.05) is 18.2 Å². The summed E-state index contributed by atoms with van der Waals surface area (Å²) in [6, 6.07) is 18.4. The van der Waals surface area contributed by atoms with Gasteiger partial charge in [0.1, 0.15) is 12.4 Å². The molecule has 0 fully saturated rings. The summed E-state index contributed by atoms with van der Waals surface area (Å²) in [6.07, 6.45) is 0. The molecule has 10 heteroatoms. The van der Waals surface area contributed by atoms with Gasteiger partial charge >= 0.3 is 5.97 Å². The van der Waals surface area contributed by atoms with Crippen LogP contribution in [0.25, 0.3) is 0 Å². The minimum Gasteiger partial charge on any atom is -0.497 e. The summed E-state index contributed by atoms with van der Waals surface area (Å²) in [7, 11) is -1.04. The maximum absolute atomic E-state index is 13.1. The Kier molecular flexibility index (Phi) is 6.57. The van der Waals surface area contributed by atoms with E-state index in [1.807, 2.05) is 0 Å². The van der Waals surface area contributed by atoms with Crippen molar-refractivity contribution in [2.75, 3.05) is 31.6 Å². The number of hydrogen-bond acceptors (Lipinski definition) is 7. The lowest BCUT2D eigenvalue weighted by molar-refractivity contribution is 0.0420. The van der Waals surface area contributed by atoms with Crippen LogP contribution in [0.5, 0.6) is 5.75 Å². The molecule has 0 spiro atoms. The van der Waals surface area contributed by atoms with Gasteiger partial charge < -0.3 is 9.47 Å². The third kappa shape index (κ3) is 4.60. The minimum absolute atomic E-state index is 0.0246. The molecule has 35 heavy (non-hydrogen) atoms. The van der Waals surface area contributed by atoms with E-state index in [4.69, 9.17) is 9.47 Å². The topological polar surface area (TPSA) is 110 Å². The number of anilines is 1. The largest absolute Gasteiger partial charge is 0.497 e. The van der Waals surface area contributed by atoms with Crippen LogP contribution in [0.1, 0.15) is 31.1 Å². The standard InChI is InChI=1S/C25H22N2O7S/c1-26(18-10-12-19(33-2)13-11-18)35(31,32)20-7-5-6-17(16-20)25(30)34-15-14-27-23(28)21-8-3-4-9-22(21)24(27)29/h3-13,16H,14-15H2,1-2H3. The van der Waals surface area contributed by atoms with Crippen LogP contribution in [-0.4, -0.2) is 58.4 Å². The number of hydrogen-bond donors (Lipinski definition) is 0. The van der Waals surface area contributed by atoms with Crippen LogP contribution >= 0.6 is 0 Å². The molecule has 2 amide bonds. The number of rotatable bonds is 8. The highest BCUT2D eigenvalue weighted by atomic mass is 32.2. The molecule has 0 bridgehead atoms. The van der Waals surface area contributed by atoms with Gasteiger partial charge in [-0.2, -0.15) is 0 Å². The maximum Gasteiger partial charge on any atom is 0.338 e. The van der Waals surface area contributed by atoms with Gasteiger partial charge in [-0.3, -0.25) is 18.8 Å². The summed E-state index contributed by atoms with van der Waals surface area (Å²) >= 11 is 0. The van der Waals surface area contributed by atoms with E-state index in [0.29, 0.717) is 22.6 Å². The molecule has 180 valence electrons. The molecule has 0 aromatic heterocycles. The molecule has 0 aliphatic carbocycles. The summed E-state index contributed by atoms with van der Waals surface area (Å²) < 4.78 is 37.6. The molecule has 3 aromatic rings. The second kappa shape index (κ2) is 9.59. The Bertz CT molecular complexity index is 1370. The van der Waals surface area contributed by atoms with Gasteiger partial charge in [0.2, 0.25) is 0 Å². The average molecular weight is 495 g/mol. The van der Waals surface area contributed by atoms with Crippen molar-refractivity contribution < 1.29 is 32.3 Å². The molecule has 0 N–H and O–H groups in total. The van der Waals surface area contributed by atoms with Gasteiger partial charge in [0.15, 0.2) is 0 Å². The molecule has 0 atom stereocenters. The van der Waals surface area contributed by atoms with Crippen LogP contribution < -0.4 is 9.04 Å². The fourth-order valence-electron chi connectivity index (χ4n) is 3.63. The zero-order valence-electron chi connectivity index (χ0n) is 19.0. The fourth-order valence-corrected chi connectivity index (χ4v) is 4.87. The van der Waals surface area contributed by atoms with Gasteiger partial charge in [0.05, 0.1) is 40.9 Å². The first-order valence-electron chi connectivity index (χ1n) is 10.6. The molecular weight excluding hydrogens is 472 g/mol. The molecule has 0 saturated heterocycles. The zero-order chi connectivity index (χ0) is 25.2. The van der Waals surface area contributed by atoms with Gasteiger partial charge in [-0.05, 0) is 54.6 Å². The maximum atomic E-state index is 13.1. The van der Waals surface area contributed by atoms with Crippen LogP contribution in [0.3, 0.4) is 0 Å². The van der Waals surface area contributed by atoms with Crippen molar-refractivity contribution in [3.05, 3.63) is 89.5 Å². The number of benzene rings is 3. The van der Waals surface area contributed by atoms with Crippen LogP contribution in [-0.2, 0) is 14.8 Å². The normalized spacial score (nSPS) is 12.9. The molecule has 4 rings (SSSR count). The number of imide groups is 1. The van der Waals surface area contributed by atoms with Crippen molar-refractivity contribution in [2.45, 2.75) is 4.90 Å². The number of ether oxygens (including phenoxy) is 2. The number of nitrogens with zero attached hydrogens (tertiary/aromatic N) is 2. The number of carbonyl (C=O) groups is 3. The Morgan fingerprint density at radius 3 is 2.14 bits per heavy atom. The summed E-state index contributed by atoms with van der Waals surface area (Å²) in [5, 5.41) is 0. The van der Waals surface area contributed by atoms with E-state index < -0.39 is 27.8 Å². The molecule has 1 aliphatic rings.